The van der Waals surface area contributed by atoms with E-state index in [2.05, 4.69) is 50.8 Å². The Labute approximate surface area is 337 Å². The molecule has 2 aromatic carbocycles. The summed E-state index contributed by atoms with van der Waals surface area (Å²) >= 11 is 0. The van der Waals surface area contributed by atoms with Crippen molar-refractivity contribution in [3.05, 3.63) is 70.8 Å². The third-order valence-electron chi connectivity index (χ3n) is 12.2. The molecule has 2 aromatic heterocycles. The van der Waals surface area contributed by atoms with Crippen LogP contribution in [0, 0.1) is 5.82 Å². The van der Waals surface area contributed by atoms with E-state index in [4.69, 9.17) is 4.98 Å². The van der Waals surface area contributed by atoms with E-state index in [1.807, 2.05) is 30.1 Å². The van der Waals surface area contributed by atoms with E-state index < -0.39 is 6.04 Å². The number of urea groups is 1. The minimum absolute atomic E-state index is 0.00610. The Hall–Kier alpha value is -5.44. The van der Waals surface area contributed by atoms with E-state index in [0.29, 0.717) is 54.3 Å². The van der Waals surface area contributed by atoms with Gasteiger partial charge in [-0.15, -0.1) is 0 Å². The van der Waals surface area contributed by atoms with Gasteiger partial charge in [-0.2, -0.15) is 5.10 Å². The van der Waals surface area contributed by atoms with Gasteiger partial charge in [-0.3, -0.25) is 29.3 Å². The molecular formula is C43H53FN10O4. The van der Waals surface area contributed by atoms with Crippen LogP contribution in [-0.2, 0) is 29.6 Å². The number of amides is 5. The number of benzene rings is 2. The summed E-state index contributed by atoms with van der Waals surface area (Å²) in [5.41, 5.74) is 5.44. The molecule has 1 unspecified atom stereocenters. The van der Waals surface area contributed by atoms with Gasteiger partial charge >= 0.3 is 6.03 Å². The van der Waals surface area contributed by atoms with E-state index >= 15 is 4.39 Å². The van der Waals surface area contributed by atoms with Crippen molar-refractivity contribution >= 4 is 40.6 Å². The molecule has 0 spiro atoms. The maximum Gasteiger partial charge on any atom is 0.317 e. The van der Waals surface area contributed by atoms with Crippen LogP contribution < -0.4 is 16.0 Å². The fourth-order valence-corrected chi connectivity index (χ4v) is 9.19. The second kappa shape index (κ2) is 16.8. The highest BCUT2D eigenvalue weighted by Gasteiger charge is 2.39. The standard InChI is InChI=1S/C43H53FN10O4/c1-26(2)39-33-22-28(23-34(44)38(33)50-51(39)3)35-14-15-45-42(48-35)46-30-9-10-31(24-30)47-43(58)53-19-17-52(18-20-53)16-6-4-5-7-27-8-11-32-29(21-27)25-54(41(32)57)36-12-13-37(55)49-40(36)56/h8,11,14-15,21-23,26,30-31,36H,4-7,9-10,12-13,16-20,24-25H2,1-3H3,(H,47,58)(H,45,46,48)(H,49,55,56)/t30-,31-,36?/m0/s1. The van der Waals surface area contributed by atoms with E-state index in [1.54, 1.807) is 21.8 Å². The van der Waals surface area contributed by atoms with Crippen LogP contribution in [0.25, 0.3) is 22.2 Å². The summed E-state index contributed by atoms with van der Waals surface area (Å²) in [6.07, 6.45) is 8.97. The SMILES string of the molecule is CC(C)c1c2cc(-c3ccnc(N[C@H]4CC[C@H](NC(=O)N5CCN(CCCCCc6ccc7c(c6)CN(C6CCC(=O)NC6=O)C7=O)CC5)C4)n3)cc(F)c2nn1C. The number of unbranched alkanes of at least 4 members (excludes halogenated alkanes) is 2. The molecule has 15 heteroatoms. The molecule has 1 aliphatic carbocycles. The number of imide groups is 1. The van der Waals surface area contributed by atoms with Crippen molar-refractivity contribution in [1.82, 2.24) is 45.1 Å². The molecule has 2 saturated heterocycles. The van der Waals surface area contributed by atoms with Crippen LogP contribution in [0.2, 0.25) is 0 Å². The monoisotopic (exact) mass is 792 g/mol. The van der Waals surface area contributed by atoms with E-state index in [-0.39, 0.29) is 54.0 Å². The smallest absolute Gasteiger partial charge is 0.317 e. The number of hydrogen-bond donors (Lipinski definition) is 3. The first-order chi connectivity index (χ1) is 28.0. The Kier molecular flexibility index (Phi) is 11.4. The molecule has 4 aromatic rings. The molecule has 5 amide bonds. The van der Waals surface area contributed by atoms with Gasteiger partial charge in [-0.05, 0) is 92.8 Å². The molecule has 8 rings (SSSR count). The van der Waals surface area contributed by atoms with E-state index in [9.17, 15) is 19.2 Å². The van der Waals surface area contributed by atoms with Gasteiger partial charge in [0.05, 0.1) is 5.69 Å². The average Bonchev–Trinajstić information content (AvgIpc) is 3.89. The summed E-state index contributed by atoms with van der Waals surface area (Å²) in [7, 11) is 1.85. The van der Waals surface area contributed by atoms with Gasteiger partial charge in [-0.25, -0.2) is 19.2 Å². The van der Waals surface area contributed by atoms with Gasteiger partial charge in [0.25, 0.3) is 5.91 Å². The quantitative estimate of drug-likeness (QED) is 0.131. The summed E-state index contributed by atoms with van der Waals surface area (Å²) < 4.78 is 16.9. The van der Waals surface area contributed by atoms with Gasteiger partial charge in [-0.1, -0.05) is 32.4 Å². The molecule has 5 heterocycles. The first-order valence-corrected chi connectivity index (χ1v) is 20.8. The number of aromatic nitrogens is 4. The van der Waals surface area contributed by atoms with Crippen LogP contribution in [0.5, 0.6) is 0 Å². The van der Waals surface area contributed by atoms with Crippen LogP contribution in [-0.4, -0.2) is 109 Å². The summed E-state index contributed by atoms with van der Waals surface area (Å²) in [6, 6.07) is 10.8. The molecule has 3 N–H and O–H groups in total. The van der Waals surface area contributed by atoms with Crippen molar-refractivity contribution in [2.45, 2.75) is 102 Å². The second-order valence-electron chi connectivity index (χ2n) is 16.6. The molecule has 4 aliphatic rings. The van der Waals surface area contributed by atoms with Crippen LogP contribution in [0.1, 0.15) is 98.3 Å². The number of nitrogens with zero attached hydrogens (tertiary/aromatic N) is 7. The summed E-state index contributed by atoms with van der Waals surface area (Å²) in [4.78, 5) is 65.3. The lowest BCUT2D eigenvalue weighted by Gasteiger charge is -2.35. The Morgan fingerprint density at radius 3 is 2.59 bits per heavy atom. The minimum atomic E-state index is -0.595. The number of carbonyl (C=O) groups is 4. The molecule has 0 bridgehead atoms. The number of aryl methyl sites for hydroxylation is 2. The summed E-state index contributed by atoms with van der Waals surface area (Å²) in [5, 5.41) is 14.3. The first-order valence-electron chi connectivity index (χ1n) is 20.8. The molecule has 3 aliphatic heterocycles. The van der Waals surface area contributed by atoms with Crippen molar-refractivity contribution in [3.8, 4) is 11.3 Å². The Morgan fingerprint density at radius 1 is 0.983 bits per heavy atom. The third kappa shape index (κ3) is 8.40. The van der Waals surface area contributed by atoms with Crippen molar-refractivity contribution in [2.24, 2.45) is 7.05 Å². The predicted octanol–water partition coefficient (Wildman–Crippen LogP) is 5.13. The molecule has 1 saturated carbocycles. The van der Waals surface area contributed by atoms with E-state index in [1.165, 1.54) is 11.6 Å². The number of carbonyl (C=O) groups excluding carboxylic acids is 4. The lowest BCUT2D eigenvalue weighted by atomic mass is 10.0. The first kappa shape index (κ1) is 39.4. The van der Waals surface area contributed by atoms with E-state index in [0.717, 1.165) is 81.2 Å². The number of halogens is 1. The minimum Gasteiger partial charge on any atom is -0.351 e. The van der Waals surface area contributed by atoms with Crippen molar-refractivity contribution in [2.75, 3.05) is 38.0 Å². The van der Waals surface area contributed by atoms with Gasteiger partial charge in [0, 0.05) is 86.7 Å². The topological polar surface area (TPSA) is 158 Å². The lowest BCUT2D eigenvalue weighted by molar-refractivity contribution is -0.136. The normalized spacial score (nSPS) is 21.3. The maximum absolute atomic E-state index is 15.1. The van der Waals surface area contributed by atoms with Crippen molar-refractivity contribution in [1.29, 1.82) is 0 Å². The Morgan fingerprint density at radius 2 is 1.79 bits per heavy atom. The van der Waals surface area contributed by atoms with Gasteiger partial charge in [0.15, 0.2) is 5.82 Å². The largest absolute Gasteiger partial charge is 0.351 e. The van der Waals surface area contributed by atoms with Gasteiger partial charge in [0.1, 0.15) is 11.6 Å². The Balaban J connectivity index is 0.736. The summed E-state index contributed by atoms with van der Waals surface area (Å²) in [5.74, 6) is -0.506. The molecule has 3 atom stereocenters. The second-order valence-corrected chi connectivity index (χ2v) is 16.6. The average molecular weight is 793 g/mol. The predicted molar refractivity (Wildman–Crippen MR) is 217 cm³/mol. The molecule has 3 fully saturated rings. The molecular weight excluding hydrogens is 740 g/mol. The number of fused-ring (bicyclic) bond motifs is 2. The molecule has 0 radical (unpaired) electrons. The molecule has 58 heavy (non-hydrogen) atoms. The van der Waals surface area contributed by atoms with Crippen LogP contribution in [0.3, 0.4) is 0 Å². The zero-order valence-corrected chi connectivity index (χ0v) is 33.6. The number of rotatable bonds is 12. The third-order valence-corrected chi connectivity index (χ3v) is 12.2. The number of hydrogen-bond acceptors (Lipinski definition) is 9. The van der Waals surface area contributed by atoms with Gasteiger partial charge in [0.2, 0.25) is 17.8 Å². The Bertz CT molecular complexity index is 2220. The van der Waals surface area contributed by atoms with Crippen LogP contribution >= 0.6 is 0 Å². The fraction of sp³-hybridized carbons (Fsp3) is 0.512. The highest BCUT2D eigenvalue weighted by atomic mass is 19.1. The number of piperazine rings is 1. The summed E-state index contributed by atoms with van der Waals surface area (Å²) in [6.45, 7) is 8.67. The van der Waals surface area contributed by atoms with Crippen LogP contribution in [0.4, 0.5) is 15.1 Å². The maximum atomic E-state index is 15.1. The number of nitrogens with one attached hydrogen (secondary N) is 3. The fourth-order valence-electron chi connectivity index (χ4n) is 9.19. The van der Waals surface area contributed by atoms with Crippen LogP contribution in [0.15, 0.2) is 42.6 Å². The highest BCUT2D eigenvalue weighted by molar-refractivity contribution is 6.05. The van der Waals surface area contributed by atoms with Gasteiger partial charge < -0.3 is 20.4 Å². The number of anilines is 1. The van der Waals surface area contributed by atoms with Crippen molar-refractivity contribution in [3.63, 3.8) is 0 Å². The zero-order valence-electron chi connectivity index (χ0n) is 33.6. The lowest BCUT2D eigenvalue weighted by Crippen LogP contribution is -2.53. The van der Waals surface area contributed by atoms with Crippen molar-refractivity contribution < 1.29 is 23.6 Å². The molecule has 306 valence electrons. The highest BCUT2D eigenvalue weighted by Crippen LogP contribution is 2.32. The molecule has 14 nitrogen and oxygen atoms in total. The number of piperidine rings is 1. The zero-order chi connectivity index (χ0) is 40.5.